The van der Waals surface area contributed by atoms with Crippen LogP contribution in [-0.2, 0) is 0 Å². The molecule has 3 aromatic rings. The van der Waals surface area contributed by atoms with Crippen LogP contribution in [0.25, 0.3) is 11.3 Å². The zero-order valence-corrected chi connectivity index (χ0v) is 14.6. The summed E-state index contributed by atoms with van der Waals surface area (Å²) in [6, 6.07) is 16.9. The minimum Gasteiger partial charge on any atom is -0.272 e. The number of hydrazone groups is 1. The van der Waals surface area contributed by atoms with Gasteiger partial charge >= 0.3 is 0 Å². The van der Waals surface area contributed by atoms with Crippen LogP contribution >= 0.6 is 11.6 Å². The van der Waals surface area contributed by atoms with Gasteiger partial charge in [0.05, 0.1) is 11.4 Å². The Morgan fingerprint density at radius 3 is 2.48 bits per heavy atom. The number of benzene rings is 2. The van der Waals surface area contributed by atoms with Gasteiger partial charge < -0.3 is 0 Å². The molecule has 25 heavy (non-hydrogen) atoms. The third kappa shape index (κ3) is 4.14. The molecular formula is C19H17ClN4O. The average molecular weight is 353 g/mol. The molecule has 3 rings (SSSR count). The Morgan fingerprint density at radius 1 is 1.12 bits per heavy atom. The molecule has 0 spiro atoms. The fourth-order valence-corrected chi connectivity index (χ4v) is 2.39. The summed E-state index contributed by atoms with van der Waals surface area (Å²) >= 11 is 5.88. The monoisotopic (exact) mass is 352 g/mol. The molecule has 0 saturated carbocycles. The number of aromatic amines is 1. The van der Waals surface area contributed by atoms with Crippen molar-refractivity contribution >= 4 is 23.2 Å². The second-order valence-corrected chi connectivity index (χ2v) is 6.11. The first-order valence-corrected chi connectivity index (χ1v) is 8.14. The van der Waals surface area contributed by atoms with Crippen molar-refractivity contribution in [1.82, 2.24) is 15.6 Å². The fraction of sp³-hybridized carbons (Fsp3) is 0.105. The number of halogens is 1. The molecule has 1 aromatic heterocycles. The highest BCUT2D eigenvalue weighted by atomic mass is 35.5. The summed E-state index contributed by atoms with van der Waals surface area (Å²) in [5, 5.41) is 11.7. The van der Waals surface area contributed by atoms with Gasteiger partial charge in [-0.3, -0.25) is 9.89 Å². The van der Waals surface area contributed by atoms with Crippen molar-refractivity contribution in [1.29, 1.82) is 0 Å². The molecule has 2 N–H and O–H groups in total. The number of carbonyl (C=O) groups excluding carboxylic acids is 1. The molecule has 0 aliphatic rings. The van der Waals surface area contributed by atoms with Crippen molar-refractivity contribution in [3.8, 4) is 11.3 Å². The first kappa shape index (κ1) is 16.9. The number of hydrogen-bond acceptors (Lipinski definition) is 3. The SMILES string of the molecule is CC(=NNC(=O)c1cc(-c2ccc(Cl)cc2)n[nH]1)c1ccc(C)cc1. The van der Waals surface area contributed by atoms with Crippen molar-refractivity contribution in [3.05, 3.63) is 76.4 Å². The van der Waals surface area contributed by atoms with Gasteiger partial charge in [0.1, 0.15) is 5.69 Å². The smallest absolute Gasteiger partial charge is 0.272 e. The van der Waals surface area contributed by atoms with E-state index in [9.17, 15) is 4.79 Å². The van der Waals surface area contributed by atoms with Crippen molar-refractivity contribution in [3.63, 3.8) is 0 Å². The van der Waals surface area contributed by atoms with E-state index >= 15 is 0 Å². The van der Waals surface area contributed by atoms with E-state index in [1.807, 2.05) is 50.2 Å². The van der Waals surface area contributed by atoms with E-state index < -0.39 is 0 Å². The minimum absolute atomic E-state index is 0.338. The van der Waals surface area contributed by atoms with Crippen LogP contribution in [0.2, 0.25) is 5.02 Å². The molecule has 0 bridgehead atoms. The van der Waals surface area contributed by atoms with Crippen molar-refractivity contribution in [2.24, 2.45) is 5.10 Å². The van der Waals surface area contributed by atoms with Gasteiger partial charge in [0, 0.05) is 10.6 Å². The summed E-state index contributed by atoms with van der Waals surface area (Å²) in [7, 11) is 0. The van der Waals surface area contributed by atoms with Crippen LogP contribution in [0.15, 0.2) is 59.7 Å². The highest BCUT2D eigenvalue weighted by Crippen LogP contribution is 2.20. The van der Waals surface area contributed by atoms with Gasteiger partial charge in [0.25, 0.3) is 5.91 Å². The Morgan fingerprint density at radius 2 is 1.80 bits per heavy atom. The van der Waals surface area contributed by atoms with Crippen LogP contribution in [-0.4, -0.2) is 21.8 Å². The lowest BCUT2D eigenvalue weighted by Gasteiger charge is -2.02. The topological polar surface area (TPSA) is 70.1 Å². The number of carbonyl (C=O) groups is 1. The van der Waals surface area contributed by atoms with Crippen LogP contribution in [0.3, 0.4) is 0 Å². The highest BCUT2D eigenvalue weighted by molar-refractivity contribution is 6.30. The molecule has 0 unspecified atom stereocenters. The van der Waals surface area contributed by atoms with Crippen LogP contribution in [0.5, 0.6) is 0 Å². The molecule has 0 fully saturated rings. The molecule has 1 heterocycles. The van der Waals surface area contributed by atoms with Crippen LogP contribution in [0.1, 0.15) is 28.5 Å². The lowest BCUT2D eigenvalue weighted by molar-refractivity contribution is 0.0950. The highest BCUT2D eigenvalue weighted by Gasteiger charge is 2.10. The van der Waals surface area contributed by atoms with Crippen molar-refractivity contribution < 1.29 is 4.79 Å². The summed E-state index contributed by atoms with van der Waals surface area (Å²) in [5.41, 5.74) is 7.28. The lowest BCUT2D eigenvalue weighted by Crippen LogP contribution is -2.19. The maximum absolute atomic E-state index is 12.2. The van der Waals surface area contributed by atoms with Gasteiger partial charge in [-0.15, -0.1) is 0 Å². The predicted molar refractivity (Wildman–Crippen MR) is 99.9 cm³/mol. The van der Waals surface area contributed by atoms with Gasteiger partial charge in [0.15, 0.2) is 0 Å². The summed E-state index contributed by atoms with van der Waals surface area (Å²) in [5.74, 6) is -0.348. The molecular weight excluding hydrogens is 336 g/mol. The zero-order chi connectivity index (χ0) is 17.8. The Hall–Kier alpha value is -2.92. The quantitative estimate of drug-likeness (QED) is 0.546. The maximum atomic E-state index is 12.2. The maximum Gasteiger partial charge on any atom is 0.289 e. The van der Waals surface area contributed by atoms with Crippen LogP contribution < -0.4 is 5.43 Å². The molecule has 0 aliphatic heterocycles. The summed E-state index contributed by atoms with van der Waals surface area (Å²) < 4.78 is 0. The number of nitrogens with zero attached hydrogens (tertiary/aromatic N) is 2. The molecule has 0 atom stereocenters. The van der Waals surface area contributed by atoms with E-state index in [0.717, 1.165) is 16.8 Å². The third-order valence-corrected chi connectivity index (χ3v) is 4.01. The average Bonchev–Trinajstić information content (AvgIpc) is 3.11. The minimum atomic E-state index is -0.348. The number of H-pyrrole nitrogens is 1. The Bertz CT molecular complexity index is 911. The normalized spacial score (nSPS) is 11.4. The number of hydrogen-bond donors (Lipinski definition) is 2. The number of amides is 1. The van der Waals surface area contributed by atoms with Gasteiger partial charge in [-0.25, -0.2) is 5.43 Å². The van der Waals surface area contributed by atoms with E-state index in [0.29, 0.717) is 16.4 Å². The van der Waals surface area contributed by atoms with E-state index in [-0.39, 0.29) is 5.91 Å². The number of aryl methyl sites for hydroxylation is 1. The molecule has 126 valence electrons. The molecule has 0 aliphatic carbocycles. The Balaban J connectivity index is 1.70. The lowest BCUT2D eigenvalue weighted by atomic mass is 10.1. The van der Waals surface area contributed by atoms with Gasteiger partial charge in [-0.2, -0.15) is 10.2 Å². The standard InChI is InChI=1S/C19H17ClN4O/c1-12-3-5-14(6-4-12)13(2)21-24-19(25)18-11-17(22-23-18)15-7-9-16(20)10-8-15/h3-11H,1-2H3,(H,22,23)(H,24,25). The van der Waals surface area contributed by atoms with Crippen LogP contribution in [0.4, 0.5) is 0 Å². The second kappa shape index (κ2) is 7.32. The van der Waals surface area contributed by atoms with Gasteiger partial charge in [-0.1, -0.05) is 53.6 Å². The van der Waals surface area contributed by atoms with Gasteiger partial charge in [0.2, 0.25) is 0 Å². The second-order valence-electron chi connectivity index (χ2n) is 5.68. The first-order valence-electron chi connectivity index (χ1n) is 7.76. The van der Waals surface area contributed by atoms with E-state index in [2.05, 4.69) is 20.7 Å². The summed E-state index contributed by atoms with van der Waals surface area (Å²) in [6.45, 7) is 3.87. The number of rotatable bonds is 4. The number of nitrogens with one attached hydrogen (secondary N) is 2. The third-order valence-electron chi connectivity index (χ3n) is 3.76. The van der Waals surface area contributed by atoms with Crippen LogP contribution in [0, 0.1) is 6.92 Å². The molecule has 1 amide bonds. The van der Waals surface area contributed by atoms with Crippen molar-refractivity contribution in [2.75, 3.05) is 0 Å². The molecule has 5 nitrogen and oxygen atoms in total. The number of aromatic nitrogens is 2. The molecule has 2 aromatic carbocycles. The first-order chi connectivity index (χ1) is 12.0. The zero-order valence-electron chi connectivity index (χ0n) is 13.9. The van der Waals surface area contributed by atoms with E-state index in [1.165, 1.54) is 5.56 Å². The fourth-order valence-electron chi connectivity index (χ4n) is 2.26. The van der Waals surface area contributed by atoms with Gasteiger partial charge in [-0.05, 0) is 37.6 Å². The largest absolute Gasteiger partial charge is 0.289 e. The predicted octanol–water partition coefficient (Wildman–Crippen LogP) is 4.19. The van der Waals surface area contributed by atoms with E-state index in [1.54, 1.807) is 18.2 Å². The Kier molecular flexibility index (Phi) is 4.95. The Labute approximate surface area is 150 Å². The molecule has 0 radical (unpaired) electrons. The molecule has 0 saturated heterocycles. The van der Waals surface area contributed by atoms with E-state index in [4.69, 9.17) is 11.6 Å². The van der Waals surface area contributed by atoms with Crippen molar-refractivity contribution in [2.45, 2.75) is 13.8 Å². The summed E-state index contributed by atoms with van der Waals surface area (Å²) in [4.78, 5) is 12.2. The summed E-state index contributed by atoms with van der Waals surface area (Å²) in [6.07, 6.45) is 0. The molecule has 6 heteroatoms.